The lowest BCUT2D eigenvalue weighted by Crippen LogP contribution is -2.40. The van der Waals surface area contributed by atoms with Gasteiger partial charge in [0.15, 0.2) is 0 Å². The molecule has 0 heterocycles. The lowest BCUT2D eigenvalue weighted by atomic mass is 9.53. The van der Waals surface area contributed by atoms with Gasteiger partial charge in [0, 0.05) is 5.41 Å². The quantitative estimate of drug-likeness (QED) is 0.578. The normalized spacial score (nSPS) is 40.2. The fraction of sp³-hybridized carbons (Fsp3) is 0.429. The Morgan fingerprint density at radius 2 is 2.00 bits per heavy atom. The largest absolute Gasteiger partial charge is 0.0988 e. The van der Waals surface area contributed by atoms with Gasteiger partial charge >= 0.3 is 0 Å². The van der Waals surface area contributed by atoms with E-state index in [2.05, 4.69) is 63.0 Å². The second-order valence-electron chi connectivity index (χ2n) is 7.43. The summed E-state index contributed by atoms with van der Waals surface area (Å²) in [5.41, 5.74) is 6.65. The van der Waals surface area contributed by atoms with E-state index in [9.17, 15) is 0 Å². The molecule has 0 bridgehead atoms. The van der Waals surface area contributed by atoms with Crippen LogP contribution in [0.4, 0.5) is 0 Å². The van der Waals surface area contributed by atoms with Crippen molar-refractivity contribution < 1.29 is 0 Å². The van der Waals surface area contributed by atoms with Crippen LogP contribution < -0.4 is 0 Å². The highest BCUT2D eigenvalue weighted by atomic mass is 14.5. The van der Waals surface area contributed by atoms with Crippen LogP contribution in [0, 0.1) is 16.7 Å². The van der Waals surface area contributed by atoms with Crippen molar-refractivity contribution in [2.75, 3.05) is 0 Å². The van der Waals surface area contributed by atoms with Crippen molar-refractivity contribution >= 4 is 0 Å². The summed E-state index contributed by atoms with van der Waals surface area (Å²) in [6.45, 7) is 8.91. The molecule has 0 amide bonds. The Kier molecular flexibility index (Phi) is 2.64. The van der Waals surface area contributed by atoms with Crippen LogP contribution in [-0.4, -0.2) is 0 Å². The van der Waals surface area contributed by atoms with E-state index in [1.807, 2.05) is 0 Å². The summed E-state index contributed by atoms with van der Waals surface area (Å²) in [7, 11) is 0. The third-order valence-corrected chi connectivity index (χ3v) is 6.50. The summed E-state index contributed by atoms with van der Waals surface area (Å²) in [6.07, 6.45) is 21.3. The lowest BCUT2D eigenvalue weighted by Gasteiger charge is -2.50. The molecule has 1 saturated carbocycles. The van der Waals surface area contributed by atoms with Crippen molar-refractivity contribution in [2.24, 2.45) is 16.7 Å². The van der Waals surface area contributed by atoms with E-state index in [1.165, 1.54) is 31.3 Å². The minimum absolute atomic E-state index is 0.205. The molecule has 21 heavy (non-hydrogen) atoms. The summed E-state index contributed by atoms with van der Waals surface area (Å²) in [5.74, 6) is 0.694. The molecule has 0 nitrogen and oxygen atoms in total. The van der Waals surface area contributed by atoms with Gasteiger partial charge in [-0.15, -0.1) is 0 Å². The predicted octanol–water partition coefficient (Wildman–Crippen LogP) is 5.68. The van der Waals surface area contributed by atoms with Gasteiger partial charge in [0.2, 0.25) is 0 Å². The summed E-state index contributed by atoms with van der Waals surface area (Å²) in [4.78, 5) is 0. The number of hydrogen-bond acceptors (Lipinski definition) is 0. The number of hydrogen-bond donors (Lipinski definition) is 0. The average molecular weight is 276 g/mol. The van der Waals surface area contributed by atoms with Gasteiger partial charge in [-0.1, -0.05) is 63.0 Å². The van der Waals surface area contributed by atoms with Crippen LogP contribution in [0.25, 0.3) is 0 Å². The van der Waals surface area contributed by atoms with Gasteiger partial charge in [-0.05, 0) is 59.3 Å². The first kappa shape index (κ1) is 13.1. The topological polar surface area (TPSA) is 0 Å². The molecule has 0 N–H and O–H groups in total. The summed E-state index contributed by atoms with van der Waals surface area (Å²) >= 11 is 0. The minimum Gasteiger partial charge on any atom is -0.0988 e. The van der Waals surface area contributed by atoms with Gasteiger partial charge in [0.25, 0.3) is 0 Å². The maximum Gasteiger partial charge on any atom is 0.0177 e. The van der Waals surface area contributed by atoms with E-state index >= 15 is 0 Å². The van der Waals surface area contributed by atoms with Crippen LogP contribution in [0.15, 0.2) is 71.4 Å². The van der Waals surface area contributed by atoms with Crippen LogP contribution in [0.1, 0.15) is 39.5 Å². The smallest absolute Gasteiger partial charge is 0.0177 e. The molecule has 0 saturated heterocycles. The second-order valence-corrected chi connectivity index (χ2v) is 7.43. The Balaban J connectivity index is 1.81. The fourth-order valence-corrected chi connectivity index (χ4v) is 5.06. The molecule has 0 aromatic heterocycles. The van der Waals surface area contributed by atoms with Crippen LogP contribution in [0.2, 0.25) is 0 Å². The monoisotopic (exact) mass is 276 g/mol. The molecule has 4 aliphatic rings. The van der Waals surface area contributed by atoms with Gasteiger partial charge in [0.05, 0.1) is 0 Å². The molecule has 3 atom stereocenters. The second kappa shape index (κ2) is 4.22. The van der Waals surface area contributed by atoms with Crippen molar-refractivity contribution in [2.45, 2.75) is 39.5 Å². The van der Waals surface area contributed by atoms with Crippen molar-refractivity contribution in [3.63, 3.8) is 0 Å². The molecular formula is C21H24. The van der Waals surface area contributed by atoms with Gasteiger partial charge in [-0.3, -0.25) is 0 Å². The average Bonchev–Trinajstić information content (AvgIpc) is 2.83. The van der Waals surface area contributed by atoms with Crippen LogP contribution in [0.3, 0.4) is 0 Å². The zero-order valence-electron chi connectivity index (χ0n) is 13.2. The molecule has 0 spiro atoms. The summed E-state index contributed by atoms with van der Waals surface area (Å²) in [5, 5.41) is 0. The predicted molar refractivity (Wildman–Crippen MR) is 89.8 cm³/mol. The highest BCUT2D eigenvalue weighted by Gasteiger charge is 2.49. The zero-order valence-corrected chi connectivity index (χ0v) is 13.2. The van der Waals surface area contributed by atoms with Crippen molar-refractivity contribution in [1.29, 1.82) is 0 Å². The molecule has 0 heteroatoms. The SMILES string of the molecule is C=CC1=CC=C2C3=CC=C4C=CCC[C@]4(C)[C@H]3CC[C@]12C. The van der Waals surface area contributed by atoms with Crippen LogP contribution in [-0.2, 0) is 0 Å². The first-order valence-electron chi connectivity index (χ1n) is 8.24. The Bertz CT molecular complexity index is 664. The van der Waals surface area contributed by atoms with Crippen molar-refractivity contribution in [3.05, 3.63) is 71.4 Å². The van der Waals surface area contributed by atoms with E-state index in [1.54, 1.807) is 16.7 Å². The number of rotatable bonds is 1. The van der Waals surface area contributed by atoms with Crippen molar-refractivity contribution in [1.82, 2.24) is 0 Å². The zero-order chi connectivity index (χ0) is 14.7. The maximum atomic E-state index is 4.02. The molecule has 4 rings (SSSR count). The minimum atomic E-state index is 0.205. The molecule has 108 valence electrons. The Morgan fingerprint density at radius 1 is 1.14 bits per heavy atom. The van der Waals surface area contributed by atoms with Gasteiger partial charge in [0.1, 0.15) is 0 Å². The van der Waals surface area contributed by atoms with Crippen LogP contribution >= 0.6 is 0 Å². The molecule has 0 aliphatic heterocycles. The van der Waals surface area contributed by atoms with E-state index in [-0.39, 0.29) is 5.41 Å². The van der Waals surface area contributed by atoms with Gasteiger partial charge in [-0.2, -0.15) is 0 Å². The lowest BCUT2D eigenvalue weighted by molar-refractivity contribution is 0.197. The molecule has 0 unspecified atom stereocenters. The highest BCUT2D eigenvalue weighted by Crippen LogP contribution is 2.61. The van der Waals surface area contributed by atoms with Crippen LogP contribution in [0.5, 0.6) is 0 Å². The fourth-order valence-electron chi connectivity index (χ4n) is 5.06. The van der Waals surface area contributed by atoms with Crippen molar-refractivity contribution in [3.8, 4) is 0 Å². The maximum absolute atomic E-state index is 4.02. The Labute approximate surface area is 128 Å². The number of allylic oxidation sites excluding steroid dienone is 11. The third kappa shape index (κ3) is 1.56. The molecule has 0 aromatic rings. The van der Waals surface area contributed by atoms with E-state index in [0.29, 0.717) is 11.3 Å². The van der Waals surface area contributed by atoms with Gasteiger partial charge < -0.3 is 0 Å². The first-order valence-corrected chi connectivity index (χ1v) is 8.24. The third-order valence-electron chi connectivity index (χ3n) is 6.50. The van der Waals surface area contributed by atoms with E-state index in [4.69, 9.17) is 0 Å². The Morgan fingerprint density at radius 3 is 2.81 bits per heavy atom. The molecule has 1 fully saturated rings. The molecule has 0 aromatic carbocycles. The Hall–Kier alpha value is -1.56. The van der Waals surface area contributed by atoms with Gasteiger partial charge in [-0.25, -0.2) is 0 Å². The summed E-state index contributed by atoms with van der Waals surface area (Å²) < 4.78 is 0. The number of fused-ring (bicyclic) bond motifs is 5. The molecular weight excluding hydrogens is 252 g/mol. The highest BCUT2D eigenvalue weighted by molar-refractivity contribution is 5.59. The molecule has 0 radical (unpaired) electrons. The van der Waals surface area contributed by atoms with E-state index < -0.39 is 0 Å². The first-order chi connectivity index (χ1) is 10.1. The standard InChI is InChI=1S/C21H24/c1-4-15-9-11-18-17-10-8-16-7-5-6-13-20(16,2)19(17)12-14-21(15,18)3/h4-5,7-11,19H,1,6,12-14H2,2-3H3/t19-,20-,21+/m0/s1. The summed E-state index contributed by atoms with van der Waals surface area (Å²) in [6, 6.07) is 0. The van der Waals surface area contributed by atoms with E-state index in [0.717, 1.165) is 0 Å². The molecule has 4 aliphatic carbocycles.